The van der Waals surface area contributed by atoms with Gasteiger partial charge in [0.15, 0.2) is 0 Å². The van der Waals surface area contributed by atoms with Gasteiger partial charge < -0.3 is 10.2 Å². The van der Waals surface area contributed by atoms with Gasteiger partial charge in [-0.1, -0.05) is 27.2 Å². The van der Waals surface area contributed by atoms with Crippen LogP contribution < -0.4 is 5.32 Å². The Kier molecular flexibility index (Phi) is 7.87. The molecule has 2 heteroatoms. The van der Waals surface area contributed by atoms with Crippen molar-refractivity contribution in [2.45, 2.75) is 77.8 Å². The highest BCUT2D eigenvalue weighted by Gasteiger charge is 2.25. The molecule has 0 aromatic carbocycles. The Morgan fingerprint density at radius 1 is 1.00 bits per heavy atom. The predicted octanol–water partition coefficient (Wildman–Crippen LogP) is 3.42. The summed E-state index contributed by atoms with van der Waals surface area (Å²) in [7, 11) is 0. The molecule has 1 fully saturated rings. The Bertz CT molecular complexity index is 176. The van der Waals surface area contributed by atoms with Crippen molar-refractivity contribution in [1.29, 1.82) is 0 Å². The fourth-order valence-electron chi connectivity index (χ4n) is 3.08. The molecule has 0 aliphatic heterocycles. The zero-order valence-corrected chi connectivity index (χ0v) is 12.2. The van der Waals surface area contributed by atoms with Gasteiger partial charge in [-0.15, -0.1) is 0 Å². The smallest absolute Gasteiger partial charge is 0.0110 e. The highest BCUT2D eigenvalue weighted by atomic mass is 15.2. The molecule has 0 aromatic rings. The molecular formula is C15H32N2. The van der Waals surface area contributed by atoms with Crippen molar-refractivity contribution >= 4 is 0 Å². The summed E-state index contributed by atoms with van der Waals surface area (Å²) in [5, 5.41) is 3.71. The minimum Gasteiger partial charge on any atom is -0.314 e. The number of rotatable bonds is 8. The standard InChI is InChI=1S/C15H32N2/c1-4-10-16-14-8-7-9-15(13-14)17(11-5-2)12-6-3/h14-16H,4-13H2,1-3H3. The van der Waals surface area contributed by atoms with Crippen molar-refractivity contribution in [3.05, 3.63) is 0 Å². The van der Waals surface area contributed by atoms with Crippen molar-refractivity contribution in [1.82, 2.24) is 10.2 Å². The van der Waals surface area contributed by atoms with Crippen LogP contribution >= 0.6 is 0 Å². The minimum absolute atomic E-state index is 0.782. The van der Waals surface area contributed by atoms with Crippen LogP contribution in [0.2, 0.25) is 0 Å². The van der Waals surface area contributed by atoms with Crippen LogP contribution in [-0.2, 0) is 0 Å². The zero-order chi connectivity index (χ0) is 12.5. The first kappa shape index (κ1) is 15.0. The largest absolute Gasteiger partial charge is 0.314 e. The van der Waals surface area contributed by atoms with Gasteiger partial charge in [0.05, 0.1) is 0 Å². The molecular weight excluding hydrogens is 208 g/mol. The average Bonchev–Trinajstić information content (AvgIpc) is 2.36. The van der Waals surface area contributed by atoms with Crippen LogP contribution in [0.15, 0.2) is 0 Å². The molecule has 1 rings (SSSR count). The van der Waals surface area contributed by atoms with Crippen LogP contribution in [0.4, 0.5) is 0 Å². The maximum Gasteiger partial charge on any atom is 0.0110 e. The average molecular weight is 240 g/mol. The molecule has 1 aliphatic carbocycles. The van der Waals surface area contributed by atoms with Crippen LogP contribution in [-0.4, -0.2) is 36.6 Å². The van der Waals surface area contributed by atoms with E-state index in [1.807, 2.05) is 0 Å². The first-order chi connectivity index (χ1) is 8.31. The van der Waals surface area contributed by atoms with Gasteiger partial charge in [-0.2, -0.15) is 0 Å². The van der Waals surface area contributed by atoms with E-state index in [9.17, 15) is 0 Å². The minimum atomic E-state index is 0.782. The van der Waals surface area contributed by atoms with E-state index in [4.69, 9.17) is 0 Å². The van der Waals surface area contributed by atoms with Gasteiger partial charge in [-0.25, -0.2) is 0 Å². The quantitative estimate of drug-likeness (QED) is 0.699. The number of hydrogen-bond donors (Lipinski definition) is 1. The Morgan fingerprint density at radius 2 is 1.71 bits per heavy atom. The summed E-state index contributed by atoms with van der Waals surface area (Å²) < 4.78 is 0. The van der Waals surface area contributed by atoms with Crippen molar-refractivity contribution in [3.63, 3.8) is 0 Å². The van der Waals surface area contributed by atoms with Gasteiger partial charge in [0, 0.05) is 12.1 Å². The molecule has 0 heterocycles. The molecule has 0 amide bonds. The fourth-order valence-corrected chi connectivity index (χ4v) is 3.08. The Labute approximate surface area is 108 Å². The fraction of sp³-hybridized carbons (Fsp3) is 1.00. The van der Waals surface area contributed by atoms with E-state index >= 15 is 0 Å². The first-order valence-electron chi connectivity index (χ1n) is 7.79. The molecule has 2 atom stereocenters. The number of nitrogens with one attached hydrogen (secondary N) is 1. The highest BCUT2D eigenvalue weighted by molar-refractivity contribution is 4.83. The molecule has 17 heavy (non-hydrogen) atoms. The van der Waals surface area contributed by atoms with Gasteiger partial charge in [0.1, 0.15) is 0 Å². The normalized spacial score (nSPS) is 25.4. The number of hydrogen-bond acceptors (Lipinski definition) is 2. The second-order valence-electron chi connectivity index (χ2n) is 5.51. The summed E-state index contributed by atoms with van der Waals surface area (Å²) in [5.41, 5.74) is 0. The SMILES string of the molecule is CCCNC1CCCC(N(CCC)CCC)C1. The lowest BCUT2D eigenvalue weighted by atomic mass is 9.89. The summed E-state index contributed by atoms with van der Waals surface area (Å²) in [4.78, 5) is 2.74. The molecule has 2 nitrogen and oxygen atoms in total. The third kappa shape index (κ3) is 5.39. The van der Waals surface area contributed by atoms with E-state index in [2.05, 4.69) is 31.0 Å². The van der Waals surface area contributed by atoms with Crippen molar-refractivity contribution < 1.29 is 0 Å². The molecule has 0 saturated heterocycles. The Morgan fingerprint density at radius 3 is 2.29 bits per heavy atom. The lowest BCUT2D eigenvalue weighted by Crippen LogP contribution is -2.45. The molecule has 1 N–H and O–H groups in total. The van der Waals surface area contributed by atoms with E-state index in [1.54, 1.807) is 0 Å². The van der Waals surface area contributed by atoms with Crippen molar-refractivity contribution in [3.8, 4) is 0 Å². The summed E-state index contributed by atoms with van der Waals surface area (Å²) in [6.07, 6.45) is 9.45. The van der Waals surface area contributed by atoms with Crippen LogP contribution in [0.1, 0.15) is 65.7 Å². The third-order valence-electron chi connectivity index (χ3n) is 3.87. The molecule has 0 aromatic heterocycles. The van der Waals surface area contributed by atoms with Gasteiger partial charge >= 0.3 is 0 Å². The van der Waals surface area contributed by atoms with Gasteiger partial charge in [-0.3, -0.25) is 0 Å². The van der Waals surface area contributed by atoms with E-state index in [0.29, 0.717) is 0 Å². The van der Waals surface area contributed by atoms with Crippen LogP contribution in [0.25, 0.3) is 0 Å². The Hall–Kier alpha value is -0.0800. The summed E-state index contributed by atoms with van der Waals surface area (Å²) in [6.45, 7) is 10.6. The first-order valence-corrected chi connectivity index (χ1v) is 7.79. The molecule has 1 aliphatic rings. The molecule has 2 unspecified atom stereocenters. The molecule has 1 saturated carbocycles. The van der Waals surface area contributed by atoms with Gasteiger partial charge in [0.25, 0.3) is 0 Å². The molecule has 0 spiro atoms. The summed E-state index contributed by atoms with van der Waals surface area (Å²) in [6, 6.07) is 1.63. The van der Waals surface area contributed by atoms with Crippen LogP contribution in [0.5, 0.6) is 0 Å². The second-order valence-corrected chi connectivity index (χ2v) is 5.51. The molecule has 0 radical (unpaired) electrons. The van der Waals surface area contributed by atoms with Crippen molar-refractivity contribution in [2.75, 3.05) is 19.6 Å². The van der Waals surface area contributed by atoms with Gasteiger partial charge in [-0.05, 0) is 58.2 Å². The Balaban J connectivity index is 2.39. The van der Waals surface area contributed by atoms with E-state index in [0.717, 1.165) is 12.1 Å². The monoisotopic (exact) mass is 240 g/mol. The lowest BCUT2D eigenvalue weighted by molar-refractivity contribution is 0.139. The van der Waals surface area contributed by atoms with E-state index in [1.165, 1.54) is 64.6 Å². The zero-order valence-electron chi connectivity index (χ0n) is 12.2. The van der Waals surface area contributed by atoms with Crippen LogP contribution in [0, 0.1) is 0 Å². The van der Waals surface area contributed by atoms with Crippen LogP contribution in [0.3, 0.4) is 0 Å². The van der Waals surface area contributed by atoms with E-state index in [-0.39, 0.29) is 0 Å². The number of nitrogens with zero attached hydrogens (tertiary/aromatic N) is 1. The highest BCUT2D eigenvalue weighted by Crippen LogP contribution is 2.23. The molecule has 0 bridgehead atoms. The second kappa shape index (κ2) is 8.93. The predicted molar refractivity (Wildman–Crippen MR) is 76.5 cm³/mol. The topological polar surface area (TPSA) is 15.3 Å². The third-order valence-corrected chi connectivity index (χ3v) is 3.87. The summed E-state index contributed by atoms with van der Waals surface area (Å²) in [5.74, 6) is 0. The van der Waals surface area contributed by atoms with Crippen molar-refractivity contribution in [2.24, 2.45) is 0 Å². The maximum absolute atomic E-state index is 3.71. The lowest BCUT2D eigenvalue weighted by Gasteiger charge is -2.37. The van der Waals surface area contributed by atoms with Gasteiger partial charge in [0.2, 0.25) is 0 Å². The van der Waals surface area contributed by atoms with E-state index < -0.39 is 0 Å². The summed E-state index contributed by atoms with van der Waals surface area (Å²) >= 11 is 0. The maximum atomic E-state index is 3.71. The molecule has 102 valence electrons.